The van der Waals surface area contributed by atoms with Gasteiger partial charge in [-0.1, -0.05) is 15.9 Å². The summed E-state index contributed by atoms with van der Waals surface area (Å²) in [5.41, 5.74) is 6.38. The lowest BCUT2D eigenvalue weighted by Gasteiger charge is -2.17. The Kier molecular flexibility index (Phi) is 5.72. The zero-order valence-corrected chi connectivity index (χ0v) is 16.5. The van der Waals surface area contributed by atoms with Gasteiger partial charge in [0.05, 0.1) is 23.9 Å². The van der Waals surface area contributed by atoms with E-state index < -0.39 is 45.5 Å². The molecular weight excluding hydrogens is 476 g/mol. The van der Waals surface area contributed by atoms with Crippen molar-refractivity contribution in [3.8, 4) is 0 Å². The molecule has 0 aromatic carbocycles. The molecule has 1 aliphatic heterocycles. The molecule has 0 bridgehead atoms. The summed E-state index contributed by atoms with van der Waals surface area (Å²) in [6, 6.07) is 0. The number of phosphoric ester groups is 1. The van der Waals surface area contributed by atoms with E-state index in [1.807, 2.05) is 0 Å². The molecule has 17 heteroatoms. The van der Waals surface area contributed by atoms with Crippen molar-refractivity contribution in [1.29, 1.82) is 0 Å². The van der Waals surface area contributed by atoms with Gasteiger partial charge in [-0.15, -0.1) is 0 Å². The zero-order chi connectivity index (χ0) is 20.0. The summed E-state index contributed by atoms with van der Waals surface area (Å²) in [6.45, 7) is -0.683. The number of phosphoric acid groups is 2. The predicted molar refractivity (Wildman–Crippen MR) is 91.3 cm³/mol. The van der Waals surface area contributed by atoms with Gasteiger partial charge in [-0.3, -0.25) is 9.09 Å². The summed E-state index contributed by atoms with van der Waals surface area (Å²) >= 11 is 3.26. The average Bonchev–Trinajstić information content (AvgIpc) is 3.07. The molecule has 0 saturated carbocycles. The molecule has 1 unspecified atom stereocenters. The van der Waals surface area contributed by atoms with Gasteiger partial charge in [-0.05, 0) is 0 Å². The average molecular weight is 490 g/mol. The molecule has 0 radical (unpaired) electrons. The Morgan fingerprint density at radius 3 is 2.67 bits per heavy atom. The Morgan fingerprint density at radius 1 is 1.30 bits per heavy atom. The standard InChI is InChI=1S/C10H14BrN5O9P2/c11-5-7(17)4(1-23-27(21,22)25-26(18,19)20)24-10(5)16-3-15-6-8(12)13-2-14-9(6)16/h2-5,7,10,17H,1H2,(H,21,22)(H2,12,13,14)(H2,18,19,20)/t4-,5-,7-,10-/m1/s1. The van der Waals surface area contributed by atoms with E-state index >= 15 is 0 Å². The minimum atomic E-state index is -5.25. The molecule has 27 heavy (non-hydrogen) atoms. The number of fused-ring (bicyclic) bond motifs is 1. The smallest absolute Gasteiger partial charge is 0.389 e. The van der Waals surface area contributed by atoms with Crippen molar-refractivity contribution >= 4 is 48.6 Å². The second kappa shape index (κ2) is 7.44. The maximum atomic E-state index is 11.5. The molecule has 2 aromatic heterocycles. The van der Waals surface area contributed by atoms with Crippen LogP contribution in [0.15, 0.2) is 12.7 Å². The van der Waals surface area contributed by atoms with Crippen molar-refractivity contribution in [3.05, 3.63) is 12.7 Å². The Bertz CT molecular complexity index is 937. The molecule has 14 nitrogen and oxygen atoms in total. The maximum Gasteiger partial charge on any atom is 0.481 e. The van der Waals surface area contributed by atoms with Gasteiger partial charge in [-0.25, -0.2) is 24.1 Å². The third-order valence-electron chi connectivity index (χ3n) is 3.57. The van der Waals surface area contributed by atoms with E-state index in [1.165, 1.54) is 17.2 Å². The lowest BCUT2D eigenvalue weighted by molar-refractivity contribution is -0.0421. The maximum absolute atomic E-state index is 11.5. The van der Waals surface area contributed by atoms with Gasteiger partial charge in [-0.2, -0.15) is 4.31 Å². The molecule has 150 valence electrons. The van der Waals surface area contributed by atoms with Crippen LogP contribution >= 0.6 is 31.6 Å². The number of nitrogens with two attached hydrogens (primary N) is 1. The normalized spacial score (nSPS) is 28.5. The van der Waals surface area contributed by atoms with E-state index in [4.69, 9.17) is 20.3 Å². The summed E-state index contributed by atoms with van der Waals surface area (Å²) in [6.07, 6.45) is -0.572. The summed E-state index contributed by atoms with van der Waals surface area (Å²) in [4.78, 5) is 37.7. The van der Waals surface area contributed by atoms with Crippen LogP contribution in [0.25, 0.3) is 11.2 Å². The Hall–Kier alpha value is -0.990. The lowest BCUT2D eigenvalue weighted by Crippen LogP contribution is -2.30. The first-order chi connectivity index (χ1) is 12.5. The quantitative estimate of drug-likeness (QED) is 0.259. The predicted octanol–water partition coefficient (Wildman–Crippen LogP) is -0.343. The molecule has 6 N–H and O–H groups in total. The zero-order valence-electron chi connectivity index (χ0n) is 13.1. The van der Waals surface area contributed by atoms with Crippen molar-refractivity contribution in [1.82, 2.24) is 19.5 Å². The molecule has 0 aliphatic carbocycles. The third-order valence-corrected chi connectivity index (χ3v) is 6.71. The van der Waals surface area contributed by atoms with Gasteiger partial charge in [0.25, 0.3) is 0 Å². The van der Waals surface area contributed by atoms with Crippen LogP contribution in [0.1, 0.15) is 6.23 Å². The van der Waals surface area contributed by atoms with Crippen LogP contribution in [-0.4, -0.2) is 62.9 Å². The number of ether oxygens (including phenoxy) is 1. The van der Waals surface area contributed by atoms with E-state index in [2.05, 4.69) is 39.7 Å². The molecule has 1 aliphatic rings. The highest BCUT2D eigenvalue weighted by molar-refractivity contribution is 9.09. The number of nitrogens with zero attached hydrogens (tertiary/aromatic N) is 4. The first-order valence-corrected chi connectivity index (χ1v) is 11.1. The van der Waals surface area contributed by atoms with Crippen LogP contribution in [-0.2, 0) is 22.7 Å². The van der Waals surface area contributed by atoms with Gasteiger partial charge < -0.3 is 30.3 Å². The molecule has 1 saturated heterocycles. The number of aliphatic hydroxyl groups is 1. The molecule has 3 rings (SSSR count). The largest absolute Gasteiger partial charge is 0.481 e. The Labute approximate surface area is 159 Å². The van der Waals surface area contributed by atoms with Crippen molar-refractivity contribution in [3.63, 3.8) is 0 Å². The van der Waals surface area contributed by atoms with E-state index in [0.717, 1.165) is 0 Å². The minimum Gasteiger partial charge on any atom is -0.389 e. The molecule has 1 fully saturated rings. The number of anilines is 1. The summed E-state index contributed by atoms with van der Waals surface area (Å²) < 4.78 is 37.5. The third kappa shape index (κ3) is 4.54. The number of nitrogen functional groups attached to an aromatic ring is 1. The van der Waals surface area contributed by atoms with Crippen LogP contribution in [0.2, 0.25) is 0 Å². The number of rotatable bonds is 6. The van der Waals surface area contributed by atoms with Crippen molar-refractivity contribution in [2.24, 2.45) is 0 Å². The lowest BCUT2D eigenvalue weighted by atomic mass is 10.2. The van der Waals surface area contributed by atoms with E-state index in [1.54, 1.807) is 0 Å². The van der Waals surface area contributed by atoms with Crippen LogP contribution in [0, 0.1) is 0 Å². The molecule has 0 spiro atoms. The highest BCUT2D eigenvalue weighted by Gasteiger charge is 2.45. The van der Waals surface area contributed by atoms with Gasteiger partial charge >= 0.3 is 15.6 Å². The van der Waals surface area contributed by atoms with Crippen LogP contribution in [0.3, 0.4) is 0 Å². The summed E-state index contributed by atoms with van der Waals surface area (Å²) in [7, 11) is -10.3. The van der Waals surface area contributed by atoms with Crippen molar-refractivity contribution < 1.29 is 42.5 Å². The number of halogens is 1. The first kappa shape index (κ1) is 20.7. The fourth-order valence-corrected chi connectivity index (χ4v) is 4.77. The second-order valence-electron chi connectivity index (χ2n) is 5.42. The molecule has 0 amide bonds. The van der Waals surface area contributed by atoms with Crippen molar-refractivity contribution in [2.75, 3.05) is 12.3 Å². The number of hydrogen-bond acceptors (Lipinski definition) is 10. The number of aromatic nitrogens is 4. The molecule has 5 atom stereocenters. The number of hydrogen-bond donors (Lipinski definition) is 5. The van der Waals surface area contributed by atoms with Crippen molar-refractivity contribution in [2.45, 2.75) is 23.3 Å². The Morgan fingerprint density at radius 2 is 2.00 bits per heavy atom. The summed E-state index contributed by atoms with van der Waals surface area (Å²) in [5, 5.41) is 10.3. The van der Waals surface area contributed by atoms with Gasteiger partial charge in [0.15, 0.2) is 17.7 Å². The minimum absolute atomic E-state index is 0.152. The van der Waals surface area contributed by atoms with E-state index in [9.17, 15) is 19.1 Å². The van der Waals surface area contributed by atoms with Gasteiger partial charge in [0.1, 0.15) is 17.9 Å². The molecular formula is C10H14BrN5O9P2. The fourth-order valence-electron chi connectivity index (χ4n) is 2.45. The number of imidazole rings is 1. The SMILES string of the molecule is Nc1ncnc2c1ncn2[C@@H]1O[C@H](COP(=O)(O)OP(=O)(O)O)[C@@H](O)[C@H]1Br. The molecule has 2 aromatic rings. The van der Waals surface area contributed by atoms with Crippen LogP contribution < -0.4 is 5.73 Å². The van der Waals surface area contributed by atoms with Gasteiger partial charge in [0.2, 0.25) is 0 Å². The van der Waals surface area contributed by atoms with E-state index in [0.29, 0.717) is 11.2 Å². The van der Waals surface area contributed by atoms with Gasteiger partial charge in [0, 0.05) is 0 Å². The monoisotopic (exact) mass is 489 g/mol. The summed E-state index contributed by atoms with van der Waals surface area (Å²) in [5.74, 6) is 0.152. The Balaban J connectivity index is 1.75. The number of alkyl halides is 1. The van der Waals surface area contributed by atoms with Crippen LogP contribution in [0.5, 0.6) is 0 Å². The second-order valence-corrected chi connectivity index (χ2v) is 9.31. The fraction of sp³-hybridized carbons (Fsp3) is 0.500. The first-order valence-electron chi connectivity index (χ1n) is 7.13. The topological polar surface area (TPSA) is 212 Å². The van der Waals surface area contributed by atoms with E-state index in [-0.39, 0.29) is 5.82 Å². The highest BCUT2D eigenvalue weighted by Crippen LogP contribution is 2.57. The highest BCUT2D eigenvalue weighted by atomic mass is 79.9. The van der Waals surface area contributed by atoms with Crippen LogP contribution in [0.4, 0.5) is 5.82 Å². The number of aliphatic hydroxyl groups excluding tert-OH is 1. The molecule has 3 heterocycles.